The second kappa shape index (κ2) is 8.79. The Morgan fingerprint density at radius 2 is 1.12 bits per heavy atom. The molecule has 166 valence electrons. The summed E-state index contributed by atoms with van der Waals surface area (Å²) in [4.78, 5) is 16.3. The molecule has 0 N–H and O–H groups in total. The molecule has 0 aromatic heterocycles. The molecule has 0 radical (unpaired) electrons. The Bertz CT molecular complexity index is 1040. The van der Waals surface area contributed by atoms with Crippen molar-refractivity contribution in [3.05, 3.63) is 103 Å². The third-order valence-corrected chi connectivity index (χ3v) is 24.1. The number of fused-ring (bicyclic) bond motifs is 2. The van der Waals surface area contributed by atoms with Crippen LogP contribution in [0.25, 0.3) is 0 Å². The second-order valence-corrected chi connectivity index (χ2v) is 21.4. The van der Waals surface area contributed by atoms with Gasteiger partial charge in [0.25, 0.3) is 0 Å². The summed E-state index contributed by atoms with van der Waals surface area (Å²) in [5.74, 6) is 1.41. The molecule has 2 aliphatic carbocycles. The van der Waals surface area contributed by atoms with Crippen molar-refractivity contribution in [3.63, 3.8) is 0 Å². The van der Waals surface area contributed by atoms with Gasteiger partial charge < -0.3 is 0 Å². The van der Waals surface area contributed by atoms with Gasteiger partial charge >= 0.3 is 202 Å². The zero-order chi connectivity index (χ0) is 22.3. The van der Waals surface area contributed by atoms with Crippen LogP contribution >= 0.6 is 0 Å². The van der Waals surface area contributed by atoms with E-state index in [4.69, 9.17) is 0 Å². The van der Waals surface area contributed by atoms with Crippen LogP contribution in [0.3, 0.4) is 0 Å². The Morgan fingerprint density at radius 1 is 0.667 bits per heavy atom. The van der Waals surface area contributed by atoms with E-state index in [0.29, 0.717) is 21.7 Å². The summed E-state index contributed by atoms with van der Waals surface area (Å²) < 4.78 is 4.88. The van der Waals surface area contributed by atoms with E-state index in [2.05, 4.69) is 108 Å². The normalized spacial score (nSPS) is 26.1. The molecule has 4 atom stereocenters. The summed E-state index contributed by atoms with van der Waals surface area (Å²) in [5.41, 5.74) is 0. The van der Waals surface area contributed by atoms with Crippen LogP contribution < -0.4 is 10.7 Å². The number of carbonyl (C=O) groups is 1. The Balaban J connectivity index is 1.62. The van der Waals surface area contributed by atoms with Crippen molar-refractivity contribution in [2.75, 3.05) is 13.1 Å². The van der Waals surface area contributed by atoms with Gasteiger partial charge in [-0.05, 0) is 0 Å². The van der Waals surface area contributed by atoms with E-state index >= 15 is 0 Å². The number of rotatable bonds is 5. The predicted octanol–water partition coefficient (Wildman–Crippen LogP) is 3.97. The van der Waals surface area contributed by atoms with E-state index in [1.807, 2.05) is 0 Å². The van der Waals surface area contributed by atoms with Gasteiger partial charge in [0.15, 0.2) is 0 Å². The zero-order valence-electron chi connectivity index (χ0n) is 19.0. The van der Waals surface area contributed by atoms with Crippen LogP contribution in [-0.2, 0) is 4.79 Å². The fourth-order valence-electron chi connectivity index (χ4n) is 7.08. The average molecular weight is 540 g/mol. The number of carbonyl (C=O) groups excluding carboxylic acids is 1. The van der Waals surface area contributed by atoms with E-state index in [0.717, 1.165) is 32.4 Å². The van der Waals surface area contributed by atoms with Gasteiger partial charge in [-0.1, -0.05) is 0 Å². The molecular formula is C30H31NOSn. The molecule has 1 aliphatic heterocycles. The molecule has 3 aromatic carbocycles. The molecule has 1 saturated carbocycles. The zero-order valence-corrected chi connectivity index (χ0v) is 21.9. The fourth-order valence-corrected chi connectivity index (χ4v) is 24.6. The van der Waals surface area contributed by atoms with Gasteiger partial charge in [0.1, 0.15) is 0 Å². The summed E-state index contributed by atoms with van der Waals surface area (Å²) in [6, 6.07) is 33.8. The van der Waals surface area contributed by atoms with Crippen molar-refractivity contribution in [2.45, 2.75) is 23.2 Å². The van der Waals surface area contributed by atoms with Gasteiger partial charge in [0, 0.05) is 0 Å². The van der Waals surface area contributed by atoms with Crippen LogP contribution in [0.5, 0.6) is 0 Å². The van der Waals surface area contributed by atoms with E-state index in [-0.39, 0.29) is 5.92 Å². The van der Waals surface area contributed by atoms with Crippen LogP contribution in [0.2, 0.25) is 3.93 Å². The van der Waals surface area contributed by atoms with Crippen molar-refractivity contribution in [3.8, 4) is 0 Å². The van der Waals surface area contributed by atoms with Crippen LogP contribution in [0, 0.1) is 17.8 Å². The van der Waals surface area contributed by atoms with Gasteiger partial charge in [-0.2, -0.15) is 0 Å². The first kappa shape index (κ1) is 21.2. The first-order chi connectivity index (χ1) is 16.3. The Kier molecular flexibility index (Phi) is 5.65. The first-order valence-electron chi connectivity index (χ1n) is 12.4. The molecule has 3 aromatic rings. The molecule has 33 heavy (non-hydrogen) atoms. The fraction of sp³-hybridized carbons (Fsp3) is 0.300. The molecule has 6 rings (SSSR count). The van der Waals surface area contributed by atoms with Gasteiger partial charge in [-0.15, -0.1) is 0 Å². The molecule has 0 unspecified atom stereocenters. The molecule has 3 aliphatic rings. The number of hydrogen-bond donors (Lipinski definition) is 0. The number of nitrogens with zero attached hydrogens (tertiary/aromatic N) is 1. The molecule has 1 amide bonds. The van der Waals surface area contributed by atoms with Crippen molar-refractivity contribution in [1.82, 2.24) is 4.90 Å². The second-order valence-electron chi connectivity index (χ2n) is 9.94. The van der Waals surface area contributed by atoms with Gasteiger partial charge in [-0.3, -0.25) is 0 Å². The Morgan fingerprint density at radius 3 is 1.61 bits per heavy atom. The topological polar surface area (TPSA) is 20.3 Å². The van der Waals surface area contributed by atoms with E-state index in [1.165, 1.54) is 10.7 Å². The molecular weight excluding hydrogens is 509 g/mol. The number of allylic oxidation sites excluding steroid dienone is 2. The van der Waals surface area contributed by atoms with Crippen LogP contribution in [-0.4, -0.2) is 42.3 Å². The Labute approximate surface area is 201 Å². The van der Waals surface area contributed by atoms with Crippen LogP contribution in [0.15, 0.2) is 103 Å². The van der Waals surface area contributed by atoms with E-state index in [9.17, 15) is 4.79 Å². The molecule has 3 heteroatoms. The number of hydrogen-bond acceptors (Lipinski definition) is 1. The summed E-state index contributed by atoms with van der Waals surface area (Å²) in [6.07, 6.45) is 8.27. The number of likely N-dealkylation sites (tertiary alicyclic amines) is 1. The van der Waals surface area contributed by atoms with Crippen molar-refractivity contribution < 1.29 is 4.79 Å². The van der Waals surface area contributed by atoms with Crippen molar-refractivity contribution in [1.29, 1.82) is 0 Å². The molecule has 2 nitrogen and oxygen atoms in total. The molecule has 1 saturated heterocycles. The Hall–Kier alpha value is -2.33. The molecule has 2 bridgehead atoms. The minimum absolute atomic E-state index is 0.106. The summed E-state index contributed by atoms with van der Waals surface area (Å²) in [6.45, 7) is 1.88. The molecule has 1 heterocycles. The maximum atomic E-state index is 14.1. The standard InChI is InChI=1S/C12H16NO.3C6H5.Sn/c14-12(13-5-1-2-6-13)11-8-9-3-4-10(11)7-9;3*1-2-4-6-5-3-1;/h3-4,8-11H,1-2,5-7H2;3*1-5H;/t9-,10+,11-;;;;/m0..../s1. The van der Waals surface area contributed by atoms with Crippen molar-refractivity contribution >= 4 is 35.0 Å². The van der Waals surface area contributed by atoms with Crippen LogP contribution in [0.1, 0.15) is 19.3 Å². The predicted molar refractivity (Wildman–Crippen MR) is 138 cm³/mol. The summed E-state index contributed by atoms with van der Waals surface area (Å²) in [5, 5.41) is 0. The molecule has 0 spiro atoms. The third kappa shape index (κ3) is 3.41. The third-order valence-electron chi connectivity index (χ3n) is 8.35. The van der Waals surface area contributed by atoms with Gasteiger partial charge in [0.2, 0.25) is 0 Å². The van der Waals surface area contributed by atoms with E-state index < -0.39 is 18.4 Å². The van der Waals surface area contributed by atoms with E-state index in [1.54, 1.807) is 0 Å². The van der Waals surface area contributed by atoms with Gasteiger partial charge in [-0.25, -0.2) is 0 Å². The molecule has 2 fully saturated rings. The summed E-state index contributed by atoms with van der Waals surface area (Å²) >= 11 is -3.62. The minimum atomic E-state index is -3.62. The number of amides is 1. The van der Waals surface area contributed by atoms with Crippen LogP contribution in [0.4, 0.5) is 0 Å². The average Bonchev–Trinajstić information content (AvgIpc) is 3.65. The van der Waals surface area contributed by atoms with Crippen molar-refractivity contribution in [2.24, 2.45) is 17.8 Å². The maximum absolute atomic E-state index is 14.1. The summed E-state index contributed by atoms with van der Waals surface area (Å²) in [7, 11) is 0. The quantitative estimate of drug-likeness (QED) is 0.355. The monoisotopic (exact) mass is 541 g/mol. The van der Waals surface area contributed by atoms with Gasteiger partial charge in [0.05, 0.1) is 0 Å². The SMILES string of the molecule is O=C([C@H]1[C@H]([Sn]([c]2ccccc2)([c]2ccccc2)[c]2ccccc2)[C@H]2C=C[C@@H]1C2)N1CCCC1. The first-order valence-corrected chi connectivity index (χ1v) is 18.4. The number of benzene rings is 3.